The second-order valence-corrected chi connectivity index (χ2v) is 7.04. The summed E-state index contributed by atoms with van der Waals surface area (Å²) in [6, 6.07) is -0.762. The summed E-state index contributed by atoms with van der Waals surface area (Å²) in [6.45, 7) is 2.36. The number of hydrogen-bond donors (Lipinski definition) is 2. The molecule has 6 nitrogen and oxygen atoms in total. The van der Waals surface area contributed by atoms with Crippen LogP contribution in [0.4, 0.5) is 0 Å². The van der Waals surface area contributed by atoms with E-state index in [-0.39, 0.29) is 18.4 Å². The van der Waals surface area contributed by atoms with Crippen molar-refractivity contribution in [3.05, 3.63) is 0 Å². The SMILES string of the molecule is CC1CCN(C(=O)CNC(=O)CCC2CCCC2)C(C(=O)O)C1. The molecule has 0 aromatic carbocycles. The van der Waals surface area contributed by atoms with E-state index in [1.54, 1.807) is 0 Å². The van der Waals surface area contributed by atoms with E-state index < -0.39 is 12.0 Å². The maximum atomic E-state index is 12.2. The normalized spacial score (nSPS) is 25.3. The van der Waals surface area contributed by atoms with Crippen molar-refractivity contribution in [1.82, 2.24) is 10.2 Å². The van der Waals surface area contributed by atoms with Gasteiger partial charge in [-0.1, -0.05) is 32.6 Å². The minimum absolute atomic E-state index is 0.0956. The van der Waals surface area contributed by atoms with Crippen molar-refractivity contribution in [3.8, 4) is 0 Å². The molecule has 2 fully saturated rings. The molecule has 0 aromatic rings. The van der Waals surface area contributed by atoms with Gasteiger partial charge in [0.15, 0.2) is 0 Å². The first-order valence-electron chi connectivity index (χ1n) is 8.76. The summed E-state index contributed by atoms with van der Waals surface area (Å²) in [5.41, 5.74) is 0. The van der Waals surface area contributed by atoms with Crippen LogP contribution in [-0.4, -0.2) is 46.9 Å². The molecular weight excluding hydrogens is 296 g/mol. The molecule has 2 N–H and O–H groups in total. The van der Waals surface area contributed by atoms with Gasteiger partial charge in [0, 0.05) is 13.0 Å². The molecule has 130 valence electrons. The van der Waals surface area contributed by atoms with Gasteiger partial charge in [0.2, 0.25) is 11.8 Å². The molecule has 23 heavy (non-hydrogen) atoms. The first-order chi connectivity index (χ1) is 11.0. The highest BCUT2D eigenvalue weighted by molar-refractivity contribution is 5.88. The second-order valence-electron chi connectivity index (χ2n) is 7.04. The maximum Gasteiger partial charge on any atom is 0.326 e. The molecule has 0 aromatic heterocycles. The number of aliphatic carboxylic acids is 1. The Bertz CT molecular complexity index is 446. The van der Waals surface area contributed by atoms with E-state index in [0.29, 0.717) is 31.2 Å². The van der Waals surface area contributed by atoms with Crippen LogP contribution >= 0.6 is 0 Å². The fraction of sp³-hybridized carbons (Fsp3) is 0.824. The lowest BCUT2D eigenvalue weighted by atomic mass is 9.92. The third kappa shape index (κ3) is 5.22. The topological polar surface area (TPSA) is 86.7 Å². The van der Waals surface area contributed by atoms with Crippen molar-refractivity contribution < 1.29 is 19.5 Å². The third-order valence-electron chi connectivity index (χ3n) is 5.16. The second kappa shape index (κ2) is 8.31. The van der Waals surface area contributed by atoms with Crippen LogP contribution in [0.3, 0.4) is 0 Å². The minimum Gasteiger partial charge on any atom is -0.480 e. The van der Waals surface area contributed by atoms with Crippen LogP contribution in [0, 0.1) is 11.8 Å². The van der Waals surface area contributed by atoms with Gasteiger partial charge in [0.1, 0.15) is 6.04 Å². The number of rotatable bonds is 6. The summed E-state index contributed by atoms with van der Waals surface area (Å²) < 4.78 is 0. The van der Waals surface area contributed by atoms with Crippen LogP contribution in [0.2, 0.25) is 0 Å². The number of carbonyl (C=O) groups excluding carboxylic acids is 2. The van der Waals surface area contributed by atoms with E-state index >= 15 is 0 Å². The monoisotopic (exact) mass is 324 g/mol. The molecule has 1 heterocycles. The molecular formula is C17H28N2O4. The maximum absolute atomic E-state index is 12.2. The van der Waals surface area contributed by atoms with Gasteiger partial charge in [-0.25, -0.2) is 4.79 Å². The number of carboxylic acids is 1. The van der Waals surface area contributed by atoms with Gasteiger partial charge < -0.3 is 15.3 Å². The van der Waals surface area contributed by atoms with E-state index in [2.05, 4.69) is 5.32 Å². The molecule has 1 saturated heterocycles. The third-order valence-corrected chi connectivity index (χ3v) is 5.16. The molecule has 2 unspecified atom stereocenters. The van der Waals surface area contributed by atoms with Crippen molar-refractivity contribution in [2.24, 2.45) is 11.8 Å². The lowest BCUT2D eigenvalue weighted by molar-refractivity contribution is -0.152. The standard InChI is InChI=1S/C17H28N2O4/c1-12-8-9-19(14(10-12)17(22)23)16(21)11-18-15(20)7-6-13-4-2-3-5-13/h12-14H,2-11H2,1H3,(H,18,20)(H,22,23). The van der Waals surface area contributed by atoms with Gasteiger partial charge in [0.05, 0.1) is 6.54 Å². The zero-order chi connectivity index (χ0) is 16.8. The molecule has 0 spiro atoms. The van der Waals surface area contributed by atoms with Crippen molar-refractivity contribution in [2.75, 3.05) is 13.1 Å². The zero-order valence-corrected chi connectivity index (χ0v) is 13.9. The van der Waals surface area contributed by atoms with Crippen LogP contribution in [0.1, 0.15) is 58.3 Å². The van der Waals surface area contributed by atoms with Crippen LogP contribution in [0.25, 0.3) is 0 Å². The van der Waals surface area contributed by atoms with Crippen molar-refractivity contribution in [3.63, 3.8) is 0 Å². The number of nitrogens with zero attached hydrogens (tertiary/aromatic N) is 1. The lowest BCUT2D eigenvalue weighted by Crippen LogP contribution is -2.52. The van der Waals surface area contributed by atoms with Gasteiger partial charge in [-0.05, 0) is 31.1 Å². The first-order valence-corrected chi connectivity index (χ1v) is 8.76. The first kappa shape index (κ1) is 17.8. The van der Waals surface area contributed by atoms with Gasteiger partial charge in [-0.2, -0.15) is 0 Å². The van der Waals surface area contributed by atoms with Crippen molar-refractivity contribution in [2.45, 2.75) is 64.3 Å². The average molecular weight is 324 g/mol. The Morgan fingerprint density at radius 2 is 1.87 bits per heavy atom. The number of nitrogens with one attached hydrogen (secondary N) is 1. The van der Waals surface area contributed by atoms with Gasteiger partial charge in [0.25, 0.3) is 0 Å². The van der Waals surface area contributed by atoms with E-state index in [1.165, 1.54) is 30.6 Å². The van der Waals surface area contributed by atoms with Crippen molar-refractivity contribution >= 4 is 17.8 Å². The quantitative estimate of drug-likeness (QED) is 0.780. The number of carboxylic acid groups (broad SMARTS) is 1. The van der Waals surface area contributed by atoms with Crippen LogP contribution in [0.15, 0.2) is 0 Å². The predicted molar refractivity (Wildman–Crippen MR) is 85.7 cm³/mol. The summed E-state index contributed by atoms with van der Waals surface area (Å²) in [5.74, 6) is -0.406. The van der Waals surface area contributed by atoms with E-state index in [9.17, 15) is 19.5 Å². The Morgan fingerprint density at radius 1 is 1.17 bits per heavy atom. The summed E-state index contributed by atoms with van der Waals surface area (Å²) in [5, 5.41) is 11.9. The molecule has 1 saturated carbocycles. The molecule has 2 rings (SSSR count). The minimum atomic E-state index is -0.961. The fourth-order valence-corrected chi connectivity index (χ4v) is 3.67. The van der Waals surface area contributed by atoms with Gasteiger partial charge in [-0.3, -0.25) is 9.59 Å². The Morgan fingerprint density at radius 3 is 2.52 bits per heavy atom. The summed E-state index contributed by atoms with van der Waals surface area (Å²) in [4.78, 5) is 36.8. The van der Waals surface area contributed by atoms with Crippen LogP contribution < -0.4 is 5.32 Å². The lowest BCUT2D eigenvalue weighted by Gasteiger charge is -2.36. The zero-order valence-electron chi connectivity index (χ0n) is 13.9. The van der Waals surface area contributed by atoms with Crippen molar-refractivity contribution in [1.29, 1.82) is 0 Å². The number of amides is 2. The Hall–Kier alpha value is -1.59. The molecule has 0 radical (unpaired) electrons. The van der Waals surface area contributed by atoms with Gasteiger partial charge in [-0.15, -0.1) is 0 Å². The van der Waals surface area contributed by atoms with Crippen LogP contribution in [-0.2, 0) is 14.4 Å². The predicted octanol–water partition coefficient (Wildman–Crippen LogP) is 1.78. The molecule has 1 aliphatic heterocycles. The number of likely N-dealkylation sites (tertiary alicyclic amines) is 1. The largest absolute Gasteiger partial charge is 0.480 e. The number of piperidine rings is 1. The Labute approximate surface area is 137 Å². The number of carbonyl (C=O) groups is 3. The highest BCUT2D eigenvalue weighted by atomic mass is 16.4. The highest BCUT2D eigenvalue weighted by Gasteiger charge is 2.34. The average Bonchev–Trinajstić information content (AvgIpc) is 3.03. The van der Waals surface area contributed by atoms with E-state index in [1.807, 2.05) is 6.92 Å². The molecule has 2 aliphatic rings. The van der Waals surface area contributed by atoms with E-state index in [0.717, 1.165) is 12.8 Å². The molecule has 2 amide bonds. The molecule has 2 atom stereocenters. The number of hydrogen-bond acceptors (Lipinski definition) is 3. The molecule has 6 heteroatoms. The Kier molecular flexibility index (Phi) is 6.42. The summed E-state index contributed by atoms with van der Waals surface area (Å²) >= 11 is 0. The summed E-state index contributed by atoms with van der Waals surface area (Å²) in [7, 11) is 0. The van der Waals surface area contributed by atoms with E-state index in [4.69, 9.17) is 0 Å². The molecule has 0 bridgehead atoms. The molecule has 1 aliphatic carbocycles. The Balaban J connectivity index is 1.74. The summed E-state index contributed by atoms with van der Waals surface area (Å²) in [6.07, 6.45) is 7.57. The fourth-order valence-electron chi connectivity index (χ4n) is 3.67. The van der Waals surface area contributed by atoms with Crippen LogP contribution in [0.5, 0.6) is 0 Å². The highest BCUT2D eigenvalue weighted by Crippen LogP contribution is 2.28. The van der Waals surface area contributed by atoms with Gasteiger partial charge >= 0.3 is 5.97 Å². The smallest absolute Gasteiger partial charge is 0.326 e.